The Hall–Kier alpha value is -2.17. The number of nitrogens with zero attached hydrogens (tertiary/aromatic N) is 1. The monoisotopic (exact) mass is 338 g/mol. The van der Waals surface area contributed by atoms with E-state index < -0.39 is 0 Å². The number of ether oxygens (including phenoxy) is 1. The first kappa shape index (κ1) is 17.6. The second-order valence-electron chi connectivity index (χ2n) is 6.45. The third-order valence-corrected chi connectivity index (χ3v) is 4.67. The van der Waals surface area contributed by atoms with Crippen LogP contribution in [0.5, 0.6) is 0 Å². The molecule has 0 unspecified atom stereocenters. The highest BCUT2D eigenvalue weighted by Crippen LogP contribution is 2.21. The van der Waals surface area contributed by atoms with Crippen molar-refractivity contribution in [2.24, 2.45) is 5.73 Å². The van der Waals surface area contributed by atoms with Gasteiger partial charge in [0.15, 0.2) is 0 Å². The van der Waals surface area contributed by atoms with Crippen LogP contribution >= 0.6 is 0 Å². The predicted molar refractivity (Wildman–Crippen MR) is 100 cm³/mol. The smallest absolute Gasteiger partial charge is 0.253 e. The second kappa shape index (κ2) is 8.79. The number of benzene rings is 2. The lowest BCUT2D eigenvalue weighted by Gasteiger charge is -2.32. The van der Waals surface area contributed by atoms with Gasteiger partial charge in [-0.3, -0.25) is 4.79 Å². The van der Waals surface area contributed by atoms with Crippen molar-refractivity contribution < 1.29 is 9.53 Å². The summed E-state index contributed by atoms with van der Waals surface area (Å²) in [6, 6.07) is 18.1. The minimum Gasteiger partial charge on any atom is -0.378 e. The third kappa shape index (κ3) is 4.68. The molecule has 0 atom stereocenters. The number of carbonyl (C=O) groups is 1. The van der Waals surface area contributed by atoms with Crippen LogP contribution in [-0.4, -0.2) is 43.2 Å². The molecule has 0 saturated carbocycles. The van der Waals surface area contributed by atoms with Crippen molar-refractivity contribution in [2.75, 3.05) is 26.2 Å². The molecule has 1 saturated heterocycles. The molecule has 132 valence electrons. The Kier molecular flexibility index (Phi) is 6.20. The van der Waals surface area contributed by atoms with E-state index in [9.17, 15) is 4.79 Å². The largest absolute Gasteiger partial charge is 0.378 e. The fourth-order valence-corrected chi connectivity index (χ4v) is 3.18. The van der Waals surface area contributed by atoms with Crippen molar-refractivity contribution in [3.8, 4) is 11.1 Å². The summed E-state index contributed by atoms with van der Waals surface area (Å²) in [4.78, 5) is 14.6. The average Bonchev–Trinajstić information content (AvgIpc) is 2.69. The van der Waals surface area contributed by atoms with Gasteiger partial charge in [-0.15, -0.1) is 0 Å². The van der Waals surface area contributed by atoms with Crippen molar-refractivity contribution in [3.05, 3.63) is 60.2 Å². The van der Waals surface area contributed by atoms with E-state index in [0.29, 0.717) is 6.54 Å². The Morgan fingerprint density at radius 3 is 2.28 bits per heavy atom. The van der Waals surface area contributed by atoms with Crippen LogP contribution < -0.4 is 5.73 Å². The Morgan fingerprint density at radius 1 is 1.00 bits per heavy atom. The van der Waals surface area contributed by atoms with Crippen molar-refractivity contribution in [1.29, 1.82) is 0 Å². The summed E-state index contributed by atoms with van der Waals surface area (Å²) >= 11 is 0. The van der Waals surface area contributed by atoms with E-state index in [1.165, 1.54) is 0 Å². The van der Waals surface area contributed by atoms with Crippen LogP contribution in [0.3, 0.4) is 0 Å². The van der Waals surface area contributed by atoms with Gasteiger partial charge in [-0.25, -0.2) is 0 Å². The summed E-state index contributed by atoms with van der Waals surface area (Å²) < 4.78 is 5.80. The molecule has 25 heavy (non-hydrogen) atoms. The maximum atomic E-state index is 12.7. The van der Waals surface area contributed by atoms with Crippen LogP contribution in [0.2, 0.25) is 0 Å². The van der Waals surface area contributed by atoms with Crippen LogP contribution in [-0.2, 0) is 4.74 Å². The Bertz CT molecular complexity index is 662. The summed E-state index contributed by atoms with van der Waals surface area (Å²) in [6.07, 6.45) is 2.96. The number of nitrogens with two attached hydrogens (primary N) is 1. The van der Waals surface area contributed by atoms with Crippen LogP contribution in [0, 0.1) is 0 Å². The number of carbonyl (C=O) groups excluding carboxylic acids is 1. The second-order valence-corrected chi connectivity index (χ2v) is 6.45. The standard InChI is InChI=1S/C21H26N2O2/c22-13-4-16-25-20-11-14-23(15-12-20)21(24)19-9-7-18(8-10-19)17-5-2-1-3-6-17/h1-3,5-10,20H,4,11-16,22H2. The first-order valence-corrected chi connectivity index (χ1v) is 9.04. The number of rotatable bonds is 6. The van der Waals surface area contributed by atoms with Gasteiger partial charge in [0.1, 0.15) is 0 Å². The molecule has 4 heteroatoms. The van der Waals surface area contributed by atoms with Gasteiger partial charge in [0, 0.05) is 25.3 Å². The van der Waals surface area contributed by atoms with Crippen molar-refractivity contribution in [2.45, 2.75) is 25.4 Å². The van der Waals surface area contributed by atoms with Crippen molar-refractivity contribution in [1.82, 2.24) is 4.90 Å². The number of likely N-dealkylation sites (tertiary alicyclic amines) is 1. The van der Waals surface area contributed by atoms with Crippen molar-refractivity contribution in [3.63, 3.8) is 0 Å². The lowest BCUT2D eigenvalue weighted by molar-refractivity contribution is 0.00845. The maximum Gasteiger partial charge on any atom is 0.253 e. The van der Waals surface area contributed by atoms with E-state index in [4.69, 9.17) is 10.5 Å². The molecule has 2 aromatic carbocycles. The Balaban J connectivity index is 1.55. The van der Waals surface area contributed by atoms with Crippen molar-refractivity contribution >= 4 is 5.91 Å². The third-order valence-electron chi connectivity index (χ3n) is 4.67. The molecule has 0 aliphatic carbocycles. The Morgan fingerprint density at radius 2 is 1.64 bits per heavy atom. The van der Waals surface area contributed by atoms with E-state index in [1.807, 2.05) is 47.4 Å². The quantitative estimate of drug-likeness (QED) is 0.822. The molecule has 3 rings (SSSR count). The molecule has 2 aromatic rings. The molecule has 1 amide bonds. The van der Waals surface area contributed by atoms with Crippen LogP contribution in [0.1, 0.15) is 29.6 Å². The predicted octanol–water partition coefficient (Wildman–Crippen LogP) is 3.32. The number of hydrogen-bond donors (Lipinski definition) is 1. The summed E-state index contributed by atoms with van der Waals surface area (Å²) in [6.45, 7) is 2.89. The molecule has 0 aromatic heterocycles. The van der Waals surface area contributed by atoms with Gasteiger partial charge >= 0.3 is 0 Å². The highest BCUT2D eigenvalue weighted by molar-refractivity contribution is 5.94. The van der Waals surface area contributed by atoms with Gasteiger partial charge in [0.2, 0.25) is 0 Å². The molecule has 0 radical (unpaired) electrons. The molecule has 2 N–H and O–H groups in total. The van der Waals surface area contributed by atoms with Gasteiger partial charge in [0.25, 0.3) is 5.91 Å². The summed E-state index contributed by atoms with van der Waals surface area (Å²) in [5, 5.41) is 0. The molecule has 1 aliphatic rings. The van der Waals surface area contributed by atoms with E-state index in [-0.39, 0.29) is 12.0 Å². The number of hydrogen-bond acceptors (Lipinski definition) is 3. The Labute approximate surface area is 149 Å². The minimum atomic E-state index is 0.111. The van der Waals surface area contributed by atoms with E-state index in [1.54, 1.807) is 0 Å². The van der Waals surface area contributed by atoms with Gasteiger partial charge in [-0.05, 0) is 49.1 Å². The van der Waals surface area contributed by atoms with E-state index in [2.05, 4.69) is 12.1 Å². The lowest BCUT2D eigenvalue weighted by Crippen LogP contribution is -2.41. The zero-order chi connectivity index (χ0) is 17.5. The normalized spacial score (nSPS) is 15.3. The molecule has 1 fully saturated rings. The first-order chi connectivity index (χ1) is 12.3. The fraction of sp³-hybridized carbons (Fsp3) is 0.381. The molecular weight excluding hydrogens is 312 g/mol. The van der Waals surface area contributed by atoms with E-state index in [0.717, 1.165) is 55.6 Å². The SMILES string of the molecule is NCCCOC1CCN(C(=O)c2ccc(-c3ccccc3)cc2)CC1. The summed E-state index contributed by atoms with van der Waals surface area (Å²) in [5.41, 5.74) is 8.53. The number of piperidine rings is 1. The average molecular weight is 338 g/mol. The van der Waals surface area contributed by atoms with Gasteiger partial charge in [0.05, 0.1) is 6.10 Å². The topological polar surface area (TPSA) is 55.6 Å². The fourth-order valence-electron chi connectivity index (χ4n) is 3.18. The highest BCUT2D eigenvalue weighted by Gasteiger charge is 2.23. The highest BCUT2D eigenvalue weighted by atomic mass is 16.5. The van der Waals surface area contributed by atoms with E-state index >= 15 is 0 Å². The molecular formula is C21H26N2O2. The molecule has 0 bridgehead atoms. The van der Waals surface area contributed by atoms with Gasteiger partial charge in [-0.2, -0.15) is 0 Å². The first-order valence-electron chi connectivity index (χ1n) is 9.04. The van der Waals surface area contributed by atoms with Crippen LogP contribution in [0.4, 0.5) is 0 Å². The zero-order valence-electron chi connectivity index (χ0n) is 14.6. The van der Waals surface area contributed by atoms with Gasteiger partial charge in [-0.1, -0.05) is 42.5 Å². The summed E-state index contributed by atoms with van der Waals surface area (Å²) in [7, 11) is 0. The molecule has 1 aliphatic heterocycles. The van der Waals surface area contributed by atoms with Gasteiger partial charge < -0.3 is 15.4 Å². The molecule has 1 heterocycles. The van der Waals surface area contributed by atoms with Crippen LogP contribution in [0.15, 0.2) is 54.6 Å². The summed E-state index contributed by atoms with van der Waals surface area (Å²) in [5.74, 6) is 0.111. The lowest BCUT2D eigenvalue weighted by atomic mass is 10.0. The zero-order valence-corrected chi connectivity index (χ0v) is 14.6. The minimum absolute atomic E-state index is 0.111. The molecule has 0 spiro atoms. The molecule has 4 nitrogen and oxygen atoms in total. The number of amides is 1. The van der Waals surface area contributed by atoms with Crippen LogP contribution in [0.25, 0.3) is 11.1 Å². The maximum absolute atomic E-state index is 12.7.